The van der Waals surface area contributed by atoms with E-state index in [1.807, 2.05) is 0 Å². The van der Waals surface area contributed by atoms with Crippen molar-refractivity contribution in [3.8, 4) is 11.5 Å². The van der Waals surface area contributed by atoms with Crippen LogP contribution in [0.4, 0.5) is 4.39 Å². The van der Waals surface area contributed by atoms with Crippen LogP contribution in [0, 0.1) is 5.82 Å². The molecule has 0 fully saturated rings. The maximum atomic E-state index is 13.6. The number of fused-ring (bicyclic) bond motifs is 1. The first-order valence-corrected chi connectivity index (χ1v) is 6.29. The van der Waals surface area contributed by atoms with Crippen molar-refractivity contribution < 1.29 is 18.7 Å². The van der Waals surface area contributed by atoms with Crippen molar-refractivity contribution in [3.63, 3.8) is 0 Å². The zero-order valence-electron chi connectivity index (χ0n) is 10.6. The van der Waals surface area contributed by atoms with Gasteiger partial charge in [-0.3, -0.25) is 9.78 Å². The highest BCUT2D eigenvalue weighted by molar-refractivity contribution is 6.09. The van der Waals surface area contributed by atoms with Crippen molar-refractivity contribution in [3.05, 3.63) is 53.6 Å². The number of carbonyl (C=O) groups is 1. The molecule has 0 aliphatic carbocycles. The molecule has 0 bridgehead atoms. The SMILES string of the molecule is O=C(c1ccc2c(c1)OCCCO2)c1ccncc1F. The zero-order valence-corrected chi connectivity index (χ0v) is 10.6. The van der Waals surface area contributed by atoms with E-state index in [4.69, 9.17) is 9.47 Å². The standard InChI is InChI=1S/C15H12FNO3/c16-12-9-17-5-4-11(12)15(18)10-2-3-13-14(8-10)20-7-1-6-19-13/h2-5,8-9H,1,6-7H2. The van der Waals surface area contributed by atoms with E-state index in [2.05, 4.69) is 4.98 Å². The Morgan fingerprint density at radius 1 is 1.15 bits per heavy atom. The van der Waals surface area contributed by atoms with Crippen molar-refractivity contribution in [1.82, 2.24) is 4.98 Å². The average molecular weight is 273 g/mol. The Bertz CT molecular complexity index is 657. The van der Waals surface area contributed by atoms with Gasteiger partial charge in [-0.25, -0.2) is 4.39 Å². The minimum Gasteiger partial charge on any atom is -0.490 e. The molecular formula is C15H12FNO3. The second kappa shape index (κ2) is 5.28. The van der Waals surface area contributed by atoms with Crippen LogP contribution in [0.5, 0.6) is 11.5 Å². The van der Waals surface area contributed by atoms with Gasteiger partial charge in [0.25, 0.3) is 0 Å². The van der Waals surface area contributed by atoms with Gasteiger partial charge in [-0.15, -0.1) is 0 Å². The summed E-state index contributed by atoms with van der Waals surface area (Å²) in [5, 5.41) is 0. The third-order valence-corrected chi connectivity index (χ3v) is 3.03. The smallest absolute Gasteiger partial charge is 0.196 e. The lowest BCUT2D eigenvalue weighted by Gasteiger charge is -2.09. The van der Waals surface area contributed by atoms with Gasteiger partial charge in [0.05, 0.1) is 25.0 Å². The highest BCUT2D eigenvalue weighted by atomic mass is 19.1. The summed E-state index contributed by atoms with van der Waals surface area (Å²) in [6, 6.07) is 6.23. The summed E-state index contributed by atoms with van der Waals surface area (Å²) in [4.78, 5) is 15.9. The molecular weight excluding hydrogens is 261 g/mol. The van der Waals surface area contributed by atoms with Crippen molar-refractivity contribution in [1.29, 1.82) is 0 Å². The summed E-state index contributed by atoms with van der Waals surface area (Å²) in [7, 11) is 0. The van der Waals surface area contributed by atoms with E-state index in [0.29, 0.717) is 30.3 Å². The van der Waals surface area contributed by atoms with E-state index >= 15 is 0 Å². The molecule has 4 nitrogen and oxygen atoms in total. The van der Waals surface area contributed by atoms with Crippen LogP contribution in [0.25, 0.3) is 0 Å². The fraction of sp³-hybridized carbons (Fsp3) is 0.200. The van der Waals surface area contributed by atoms with Crippen molar-refractivity contribution in [2.45, 2.75) is 6.42 Å². The van der Waals surface area contributed by atoms with Crippen LogP contribution in [-0.2, 0) is 0 Å². The summed E-state index contributed by atoms with van der Waals surface area (Å²) in [5.41, 5.74) is 0.355. The van der Waals surface area contributed by atoms with Crippen LogP contribution >= 0.6 is 0 Å². The first-order valence-electron chi connectivity index (χ1n) is 6.29. The largest absolute Gasteiger partial charge is 0.490 e. The number of halogens is 1. The Labute approximate surface area is 115 Å². The highest BCUT2D eigenvalue weighted by Crippen LogP contribution is 2.31. The van der Waals surface area contributed by atoms with Crippen LogP contribution in [0.1, 0.15) is 22.3 Å². The molecule has 0 atom stereocenters. The number of rotatable bonds is 2. The van der Waals surface area contributed by atoms with Gasteiger partial charge in [-0.2, -0.15) is 0 Å². The predicted octanol–water partition coefficient (Wildman–Crippen LogP) is 2.61. The van der Waals surface area contributed by atoms with Crippen molar-refractivity contribution in [2.24, 2.45) is 0 Å². The fourth-order valence-electron chi connectivity index (χ4n) is 2.02. The summed E-state index contributed by atoms with van der Waals surface area (Å²) in [6.45, 7) is 1.12. The number of hydrogen-bond acceptors (Lipinski definition) is 4. The van der Waals surface area contributed by atoms with Crippen LogP contribution in [0.3, 0.4) is 0 Å². The van der Waals surface area contributed by atoms with E-state index in [0.717, 1.165) is 12.6 Å². The zero-order chi connectivity index (χ0) is 13.9. The minimum atomic E-state index is -0.635. The Morgan fingerprint density at radius 3 is 2.75 bits per heavy atom. The molecule has 3 rings (SSSR count). The molecule has 1 aromatic heterocycles. The van der Waals surface area contributed by atoms with Gasteiger partial charge >= 0.3 is 0 Å². The third kappa shape index (κ3) is 2.34. The minimum absolute atomic E-state index is 0.00510. The average Bonchev–Trinajstić information content (AvgIpc) is 2.71. The van der Waals surface area contributed by atoms with Gasteiger partial charge in [-0.05, 0) is 24.3 Å². The third-order valence-electron chi connectivity index (χ3n) is 3.03. The molecule has 0 spiro atoms. The van der Waals surface area contributed by atoms with Gasteiger partial charge < -0.3 is 9.47 Å². The first-order chi connectivity index (χ1) is 9.75. The number of pyridine rings is 1. The number of benzene rings is 1. The van der Waals surface area contributed by atoms with E-state index in [1.54, 1.807) is 18.2 Å². The lowest BCUT2D eigenvalue weighted by Crippen LogP contribution is -2.05. The monoisotopic (exact) mass is 273 g/mol. The lowest BCUT2D eigenvalue weighted by molar-refractivity contribution is 0.103. The van der Waals surface area contributed by atoms with E-state index in [9.17, 15) is 9.18 Å². The van der Waals surface area contributed by atoms with Gasteiger partial charge in [-0.1, -0.05) is 0 Å². The van der Waals surface area contributed by atoms with Gasteiger partial charge in [0.1, 0.15) is 0 Å². The molecule has 1 aromatic carbocycles. The summed E-state index contributed by atoms with van der Waals surface area (Å²) < 4.78 is 24.6. The van der Waals surface area contributed by atoms with Crippen LogP contribution in [0.15, 0.2) is 36.7 Å². The highest BCUT2D eigenvalue weighted by Gasteiger charge is 2.17. The first kappa shape index (κ1) is 12.6. The summed E-state index contributed by atoms with van der Waals surface area (Å²) in [5.74, 6) is 0.0854. The topological polar surface area (TPSA) is 48.4 Å². The molecule has 5 heteroatoms. The summed E-state index contributed by atoms with van der Waals surface area (Å²) >= 11 is 0. The predicted molar refractivity (Wildman–Crippen MR) is 69.7 cm³/mol. The summed E-state index contributed by atoms with van der Waals surface area (Å²) in [6.07, 6.45) is 3.20. The maximum Gasteiger partial charge on any atom is 0.196 e. The Hall–Kier alpha value is -2.43. The van der Waals surface area contributed by atoms with Gasteiger partial charge in [0, 0.05) is 18.2 Å². The number of carbonyl (C=O) groups excluding carboxylic acids is 1. The van der Waals surface area contributed by atoms with Crippen LogP contribution in [-0.4, -0.2) is 24.0 Å². The van der Waals surface area contributed by atoms with Crippen molar-refractivity contribution in [2.75, 3.05) is 13.2 Å². The molecule has 0 amide bonds. The molecule has 0 N–H and O–H groups in total. The van der Waals surface area contributed by atoms with Gasteiger partial charge in [0.2, 0.25) is 0 Å². The quantitative estimate of drug-likeness (QED) is 0.789. The molecule has 20 heavy (non-hydrogen) atoms. The molecule has 0 radical (unpaired) electrons. The molecule has 0 saturated carbocycles. The number of hydrogen-bond donors (Lipinski definition) is 0. The van der Waals surface area contributed by atoms with Crippen molar-refractivity contribution >= 4 is 5.78 Å². The number of ether oxygens (including phenoxy) is 2. The molecule has 0 saturated heterocycles. The molecule has 2 heterocycles. The molecule has 1 aliphatic heterocycles. The van der Waals surface area contributed by atoms with Gasteiger partial charge in [0.15, 0.2) is 23.1 Å². The second-order valence-corrected chi connectivity index (χ2v) is 4.40. The van der Waals surface area contributed by atoms with E-state index in [-0.39, 0.29) is 5.56 Å². The maximum absolute atomic E-state index is 13.6. The normalized spacial score (nSPS) is 13.7. The Morgan fingerprint density at radius 2 is 1.95 bits per heavy atom. The number of aromatic nitrogens is 1. The molecule has 0 unspecified atom stereocenters. The molecule has 102 valence electrons. The fourth-order valence-corrected chi connectivity index (χ4v) is 2.02. The van der Waals surface area contributed by atoms with Crippen LogP contribution < -0.4 is 9.47 Å². The second-order valence-electron chi connectivity index (χ2n) is 4.40. The Balaban J connectivity index is 1.97. The van der Waals surface area contributed by atoms with E-state index < -0.39 is 11.6 Å². The number of nitrogens with zero attached hydrogens (tertiary/aromatic N) is 1. The molecule has 2 aromatic rings. The van der Waals surface area contributed by atoms with E-state index in [1.165, 1.54) is 12.3 Å². The molecule has 1 aliphatic rings. The lowest BCUT2D eigenvalue weighted by atomic mass is 10.0. The Kier molecular flexibility index (Phi) is 3.33. The van der Waals surface area contributed by atoms with Crippen LogP contribution in [0.2, 0.25) is 0 Å². The number of ketones is 1.